The molecule has 0 amide bonds. The molecule has 0 fully saturated rings. The van der Waals surface area contributed by atoms with Gasteiger partial charge in [0.1, 0.15) is 0 Å². The normalized spacial score (nSPS) is 11.1. The first kappa shape index (κ1) is 12.8. The summed E-state index contributed by atoms with van der Waals surface area (Å²) < 4.78 is 0. The summed E-state index contributed by atoms with van der Waals surface area (Å²) in [7, 11) is 0. The summed E-state index contributed by atoms with van der Waals surface area (Å²) in [5.74, 6) is -0.976. The summed E-state index contributed by atoms with van der Waals surface area (Å²) in [5.41, 5.74) is 5.26. The number of carboxylic acid groups (broad SMARTS) is 1. The number of hydrogen-bond acceptors (Lipinski definition) is 3. The first-order chi connectivity index (χ1) is 9.18. The molecular formula is C15H14N2O2. The lowest BCUT2D eigenvalue weighted by Crippen LogP contribution is -2.04. The number of nitrogens with zero attached hydrogens (tertiary/aromatic N) is 1. The predicted octanol–water partition coefficient (Wildman–Crippen LogP) is 3.22. The van der Waals surface area contributed by atoms with Crippen molar-refractivity contribution in [2.24, 2.45) is 5.10 Å². The maximum atomic E-state index is 11.0. The van der Waals surface area contributed by atoms with E-state index < -0.39 is 5.97 Å². The van der Waals surface area contributed by atoms with Crippen molar-refractivity contribution in [3.05, 3.63) is 65.7 Å². The van der Waals surface area contributed by atoms with Gasteiger partial charge in [0, 0.05) is 0 Å². The standard InChI is InChI=1S/C15H14N2O2/c1-11(12-7-3-2-4-8-12)16-17-14-10-6-5-9-13(14)15(18)19/h2-10,17H,1H3,(H,18,19). The fourth-order valence-corrected chi connectivity index (χ4v) is 1.66. The van der Waals surface area contributed by atoms with E-state index in [0.29, 0.717) is 5.69 Å². The van der Waals surface area contributed by atoms with Crippen LogP contribution in [0.1, 0.15) is 22.8 Å². The highest BCUT2D eigenvalue weighted by atomic mass is 16.4. The Morgan fingerprint density at radius 3 is 2.37 bits per heavy atom. The molecule has 0 atom stereocenters. The fraction of sp³-hybridized carbons (Fsp3) is 0.0667. The highest BCUT2D eigenvalue weighted by Gasteiger charge is 2.07. The molecule has 0 saturated heterocycles. The number of hydrogen-bond donors (Lipinski definition) is 2. The topological polar surface area (TPSA) is 61.7 Å². The number of carbonyl (C=O) groups is 1. The Kier molecular flexibility index (Phi) is 3.93. The summed E-state index contributed by atoms with van der Waals surface area (Å²) in [6, 6.07) is 16.4. The lowest BCUT2D eigenvalue weighted by molar-refractivity contribution is 0.0698. The molecule has 4 nitrogen and oxygen atoms in total. The van der Waals surface area contributed by atoms with Crippen molar-refractivity contribution in [1.29, 1.82) is 0 Å². The lowest BCUT2D eigenvalue weighted by Gasteiger charge is -2.06. The zero-order valence-electron chi connectivity index (χ0n) is 10.5. The first-order valence-electron chi connectivity index (χ1n) is 5.86. The predicted molar refractivity (Wildman–Crippen MR) is 75.7 cm³/mol. The van der Waals surface area contributed by atoms with Crippen molar-refractivity contribution in [2.75, 3.05) is 5.43 Å². The molecule has 2 rings (SSSR count). The Hall–Kier alpha value is -2.62. The van der Waals surface area contributed by atoms with E-state index in [4.69, 9.17) is 5.11 Å². The molecule has 0 aliphatic carbocycles. The van der Waals surface area contributed by atoms with Gasteiger partial charge in [0.2, 0.25) is 0 Å². The number of hydrazone groups is 1. The smallest absolute Gasteiger partial charge is 0.337 e. The van der Waals surface area contributed by atoms with Crippen LogP contribution in [-0.4, -0.2) is 16.8 Å². The molecule has 0 aromatic heterocycles. The minimum absolute atomic E-state index is 0.201. The van der Waals surface area contributed by atoms with Gasteiger partial charge in [-0.2, -0.15) is 5.10 Å². The van der Waals surface area contributed by atoms with Gasteiger partial charge in [0.15, 0.2) is 0 Å². The zero-order valence-corrected chi connectivity index (χ0v) is 10.5. The Labute approximate surface area is 111 Å². The molecule has 96 valence electrons. The second kappa shape index (κ2) is 5.82. The van der Waals surface area contributed by atoms with Crippen LogP contribution in [0.25, 0.3) is 0 Å². The monoisotopic (exact) mass is 254 g/mol. The Balaban J connectivity index is 2.21. The minimum atomic E-state index is -0.976. The van der Waals surface area contributed by atoms with Gasteiger partial charge in [-0.3, -0.25) is 5.43 Å². The van der Waals surface area contributed by atoms with E-state index in [2.05, 4.69) is 10.5 Å². The van der Waals surface area contributed by atoms with Crippen LogP contribution in [0.3, 0.4) is 0 Å². The van der Waals surface area contributed by atoms with Crippen molar-refractivity contribution >= 4 is 17.4 Å². The average molecular weight is 254 g/mol. The van der Waals surface area contributed by atoms with Gasteiger partial charge in [-0.05, 0) is 24.6 Å². The number of nitrogens with one attached hydrogen (secondary N) is 1. The second-order valence-corrected chi connectivity index (χ2v) is 4.03. The average Bonchev–Trinajstić information content (AvgIpc) is 2.46. The number of carboxylic acids is 1. The van der Waals surface area contributed by atoms with E-state index in [1.54, 1.807) is 18.2 Å². The third-order valence-electron chi connectivity index (χ3n) is 2.69. The SMILES string of the molecule is CC(=NNc1ccccc1C(=O)O)c1ccccc1. The molecule has 0 unspecified atom stereocenters. The van der Waals surface area contributed by atoms with Crippen LogP contribution in [0.4, 0.5) is 5.69 Å². The van der Waals surface area contributed by atoms with Crippen molar-refractivity contribution in [3.8, 4) is 0 Å². The van der Waals surface area contributed by atoms with E-state index in [-0.39, 0.29) is 5.56 Å². The highest BCUT2D eigenvalue weighted by molar-refractivity contribution is 5.99. The molecule has 0 heterocycles. The van der Waals surface area contributed by atoms with Crippen LogP contribution >= 0.6 is 0 Å². The maximum Gasteiger partial charge on any atom is 0.337 e. The Morgan fingerprint density at radius 1 is 1.05 bits per heavy atom. The summed E-state index contributed by atoms with van der Waals surface area (Å²) in [5, 5.41) is 13.3. The molecule has 2 aromatic carbocycles. The van der Waals surface area contributed by atoms with E-state index in [1.807, 2.05) is 37.3 Å². The number of rotatable bonds is 4. The van der Waals surface area contributed by atoms with Gasteiger partial charge in [-0.1, -0.05) is 42.5 Å². The van der Waals surface area contributed by atoms with Gasteiger partial charge >= 0.3 is 5.97 Å². The van der Waals surface area contributed by atoms with E-state index in [1.165, 1.54) is 6.07 Å². The fourth-order valence-electron chi connectivity index (χ4n) is 1.66. The number of para-hydroxylation sites is 1. The van der Waals surface area contributed by atoms with Gasteiger partial charge in [-0.15, -0.1) is 0 Å². The largest absolute Gasteiger partial charge is 0.478 e. The van der Waals surface area contributed by atoms with Crippen molar-refractivity contribution < 1.29 is 9.90 Å². The summed E-state index contributed by atoms with van der Waals surface area (Å²) in [6.45, 7) is 1.87. The highest BCUT2D eigenvalue weighted by Crippen LogP contribution is 2.15. The third kappa shape index (κ3) is 3.19. The van der Waals surface area contributed by atoms with Crippen LogP contribution in [0.5, 0.6) is 0 Å². The molecule has 0 radical (unpaired) electrons. The molecule has 0 spiro atoms. The molecule has 0 aliphatic rings. The summed E-state index contributed by atoms with van der Waals surface area (Å²) >= 11 is 0. The van der Waals surface area contributed by atoms with Gasteiger partial charge in [-0.25, -0.2) is 4.79 Å². The molecule has 0 bridgehead atoms. The third-order valence-corrected chi connectivity index (χ3v) is 2.69. The molecule has 4 heteroatoms. The molecular weight excluding hydrogens is 240 g/mol. The second-order valence-electron chi connectivity index (χ2n) is 4.03. The number of anilines is 1. The van der Waals surface area contributed by atoms with Gasteiger partial charge in [0.25, 0.3) is 0 Å². The molecule has 19 heavy (non-hydrogen) atoms. The first-order valence-corrected chi connectivity index (χ1v) is 5.86. The van der Waals surface area contributed by atoms with Crippen LogP contribution in [0.15, 0.2) is 59.7 Å². The minimum Gasteiger partial charge on any atom is -0.478 e. The van der Waals surface area contributed by atoms with Crippen molar-refractivity contribution in [1.82, 2.24) is 0 Å². The molecule has 2 aromatic rings. The summed E-state index contributed by atoms with van der Waals surface area (Å²) in [6.07, 6.45) is 0. The molecule has 0 saturated carbocycles. The quantitative estimate of drug-likeness (QED) is 0.650. The van der Waals surface area contributed by atoms with Crippen LogP contribution in [0, 0.1) is 0 Å². The zero-order chi connectivity index (χ0) is 13.7. The van der Waals surface area contributed by atoms with Gasteiger partial charge in [0.05, 0.1) is 17.0 Å². The van der Waals surface area contributed by atoms with Crippen molar-refractivity contribution in [2.45, 2.75) is 6.92 Å². The van der Waals surface area contributed by atoms with Crippen LogP contribution in [0.2, 0.25) is 0 Å². The van der Waals surface area contributed by atoms with Crippen molar-refractivity contribution in [3.63, 3.8) is 0 Å². The molecule has 2 N–H and O–H groups in total. The number of aromatic carboxylic acids is 1. The van der Waals surface area contributed by atoms with Crippen LogP contribution < -0.4 is 5.43 Å². The maximum absolute atomic E-state index is 11.0. The van der Waals surface area contributed by atoms with E-state index in [9.17, 15) is 4.79 Å². The lowest BCUT2D eigenvalue weighted by atomic mass is 10.1. The summed E-state index contributed by atoms with van der Waals surface area (Å²) in [4.78, 5) is 11.0. The van der Waals surface area contributed by atoms with Gasteiger partial charge < -0.3 is 5.11 Å². The van der Waals surface area contributed by atoms with E-state index in [0.717, 1.165) is 11.3 Å². The van der Waals surface area contributed by atoms with Crippen LogP contribution in [-0.2, 0) is 0 Å². The van der Waals surface area contributed by atoms with E-state index >= 15 is 0 Å². The Morgan fingerprint density at radius 2 is 1.68 bits per heavy atom. The number of benzene rings is 2. The Bertz CT molecular complexity index is 607. The molecule has 0 aliphatic heterocycles.